The van der Waals surface area contributed by atoms with E-state index in [0.717, 1.165) is 28.6 Å². The molecule has 0 spiro atoms. The first kappa shape index (κ1) is 34.0. The van der Waals surface area contributed by atoms with Crippen LogP contribution >= 0.6 is 0 Å². The standard InChI is InChI=1S/C37H41N7O6/c1-21(45)40-28-14-11-22-18-31(48-2)35(49-3)36(50-4)34(22)25-13-15-29(30(46)19-26(25)28)38-17-7-10-33(47)42-37-41-32(43-44-37)16-12-23-20-39-27-9-6-5-8-24(23)27/h5-6,8-9,13,15,18-20,28,39H,7,10-12,14,16-17H2,1-4H3,(H,38,46)(H,40,45)(H2,41,42,43,44,47). The molecule has 3 aromatic carbocycles. The zero-order chi connectivity index (χ0) is 35.2. The van der Waals surface area contributed by atoms with Crippen molar-refractivity contribution in [1.29, 1.82) is 0 Å². The molecule has 2 aromatic heterocycles. The highest BCUT2D eigenvalue weighted by atomic mass is 16.5. The van der Waals surface area contributed by atoms with Crippen LogP contribution in [0.15, 0.2) is 59.5 Å². The number of hydrogen-bond donors (Lipinski definition) is 5. The Kier molecular flexibility index (Phi) is 10.3. The smallest absolute Gasteiger partial charge is 0.248 e. The van der Waals surface area contributed by atoms with E-state index in [2.05, 4.69) is 42.2 Å². The van der Waals surface area contributed by atoms with Gasteiger partial charge in [0.25, 0.3) is 0 Å². The van der Waals surface area contributed by atoms with Gasteiger partial charge in [-0.15, -0.1) is 5.10 Å². The molecule has 0 fully saturated rings. The first-order valence-corrected chi connectivity index (χ1v) is 16.6. The maximum Gasteiger partial charge on any atom is 0.248 e. The quantitative estimate of drug-likeness (QED) is 0.106. The Labute approximate surface area is 289 Å². The van der Waals surface area contributed by atoms with Crippen molar-refractivity contribution < 1.29 is 23.8 Å². The number of rotatable bonds is 13. The summed E-state index contributed by atoms with van der Waals surface area (Å²) in [6.07, 6.45) is 5.27. The summed E-state index contributed by atoms with van der Waals surface area (Å²) in [5, 5.41) is 17.2. The van der Waals surface area contributed by atoms with E-state index in [-0.39, 0.29) is 29.6 Å². The van der Waals surface area contributed by atoms with E-state index in [1.54, 1.807) is 33.5 Å². The highest BCUT2D eigenvalue weighted by Crippen LogP contribution is 2.50. The molecule has 1 unspecified atom stereocenters. The average Bonchev–Trinajstić information content (AvgIpc) is 3.67. The number of amides is 2. The number of anilines is 2. The van der Waals surface area contributed by atoms with Crippen molar-refractivity contribution in [3.8, 4) is 28.4 Å². The van der Waals surface area contributed by atoms with Gasteiger partial charge in [0.05, 0.1) is 33.1 Å². The van der Waals surface area contributed by atoms with Crippen molar-refractivity contribution >= 4 is 34.4 Å². The molecule has 5 aromatic rings. The number of methoxy groups -OCH3 is 3. The lowest BCUT2D eigenvalue weighted by Crippen LogP contribution is -2.26. The van der Waals surface area contributed by atoms with Gasteiger partial charge in [0.15, 0.2) is 11.5 Å². The van der Waals surface area contributed by atoms with E-state index in [0.29, 0.717) is 66.6 Å². The van der Waals surface area contributed by atoms with Gasteiger partial charge >= 0.3 is 0 Å². The van der Waals surface area contributed by atoms with E-state index in [9.17, 15) is 14.4 Å². The maximum absolute atomic E-state index is 13.5. The molecular formula is C37H41N7O6. The Morgan fingerprint density at radius 3 is 2.60 bits per heavy atom. The van der Waals surface area contributed by atoms with Gasteiger partial charge in [-0.25, -0.2) is 0 Å². The van der Waals surface area contributed by atoms with Crippen molar-refractivity contribution in [3.05, 3.63) is 87.5 Å². The first-order valence-electron chi connectivity index (χ1n) is 16.6. The highest BCUT2D eigenvalue weighted by molar-refractivity contribution is 5.89. The number of fused-ring (bicyclic) bond motifs is 4. The predicted molar refractivity (Wildman–Crippen MR) is 191 cm³/mol. The van der Waals surface area contributed by atoms with Crippen LogP contribution in [0.4, 0.5) is 11.6 Å². The number of ether oxygens (including phenoxy) is 3. The van der Waals surface area contributed by atoms with Crippen LogP contribution in [0.2, 0.25) is 0 Å². The Balaban J connectivity index is 1.11. The largest absolute Gasteiger partial charge is 0.493 e. The third-order valence-electron chi connectivity index (χ3n) is 8.90. The van der Waals surface area contributed by atoms with E-state index in [4.69, 9.17) is 14.2 Å². The van der Waals surface area contributed by atoms with E-state index in [1.165, 1.54) is 17.9 Å². The molecular weight excluding hydrogens is 638 g/mol. The average molecular weight is 680 g/mol. The predicted octanol–water partition coefficient (Wildman–Crippen LogP) is 5.08. The minimum Gasteiger partial charge on any atom is -0.493 e. The molecule has 0 bridgehead atoms. The van der Waals surface area contributed by atoms with Crippen molar-refractivity contribution in [3.63, 3.8) is 0 Å². The van der Waals surface area contributed by atoms with E-state index < -0.39 is 6.04 Å². The Hall–Kier alpha value is -5.85. The highest BCUT2D eigenvalue weighted by Gasteiger charge is 2.29. The second-order valence-electron chi connectivity index (χ2n) is 12.1. The minimum atomic E-state index is -0.405. The summed E-state index contributed by atoms with van der Waals surface area (Å²) in [5.74, 6) is 1.94. The zero-order valence-electron chi connectivity index (χ0n) is 28.6. The molecule has 0 aliphatic heterocycles. The second kappa shape index (κ2) is 15.1. The number of carbonyl (C=O) groups is 2. The number of benzene rings is 2. The fraction of sp³-hybridized carbons (Fsp3) is 0.324. The number of nitrogens with zero attached hydrogens (tertiary/aromatic N) is 2. The van der Waals surface area contributed by atoms with Crippen LogP contribution in [0.5, 0.6) is 17.2 Å². The maximum atomic E-state index is 13.5. The van der Waals surface area contributed by atoms with Crippen molar-refractivity contribution in [2.75, 3.05) is 38.5 Å². The number of aromatic nitrogens is 4. The number of nitrogens with one attached hydrogen (secondary N) is 5. The minimum absolute atomic E-state index is 0.198. The molecule has 1 aliphatic rings. The molecule has 260 valence electrons. The summed E-state index contributed by atoms with van der Waals surface area (Å²) in [5.41, 5.74) is 5.55. The van der Waals surface area contributed by atoms with Crippen molar-refractivity contribution in [1.82, 2.24) is 25.5 Å². The number of aryl methyl sites for hydroxylation is 3. The number of para-hydroxylation sites is 1. The first-order chi connectivity index (χ1) is 24.3. The van der Waals surface area contributed by atoms with Gasteiger partial charge in [0.1, 0.15) is 5.82 Å². The van der Waals surface area contributed by atoms with Crippen LogP contribution in [0.25, 0.3) is 22.0 Å². The lowest BCUT2D eigenvalue weighted by molar-refractivity contribution is -0.119. The Morgan fingerprint density at radius 1 is 1.00 bits per heavy atom. The molecule has 2 amide bonds. The second-order valence-corrected chi connectivity index (χ2v) is 12.1. The van der Waals surface area contributed by atoms with Crippen LogP contribution in [-0.2, 0) is 28.9 Å². The van der Waals surface area contributed by atoms with Gasteiger partial charge in [-0.2, -0.15) is 4.98 Å². The Morgan fingerprint density at radius 2 is 1.82 bits per heavy atom. The monoisotopic (exact) mass is 679 g/mol. The zero-order valence-corrected chi connectivity index (χ0v) is 28.6. The fourth-order valence-electron chi connectivity index (χ4n) is 6.57. The lowest BCUT2D eigenvalue weighted by atomic mass is 9.95. The molecule has 1 atom stereocenters. The molecule has 2 heterocycles. The SMILES string of the molecule is COc1cc2c(c(OC)c1OC)-c1ccc(NCCCC(=O)Nc3n[nH]c(CCc4c[nH]c5ccccc45)n3)c(=O)cc1C(NC(C)=O)CC2. The Bertz CT molecular complexity index is 2090. The molecule has 50 heavy (non-hydrogen) atoms. The number of aromatic amines is 2. The van der Waals surface area contributed by atoms with Gasteiger partial charge in [0.2, 0.25) is 28.9 Å². The van der Waals surface area contributed by atoms with Gasteiger partial charge in [-0.1, -0.05) is 24.3 Å². The molecule has 0 saturated heterocycles. The van der Waals surface area contributed by atoms with E-state index >= 15 is 0 Å². The number of carbonyl (C=O) groups excluding carboxylic acids is 2. The van der Waals surface area contributed by atoms with Crippen molar-refractivity contribution in [2.24, 2.45) is 0 Å². The van der Waals surface area contributed by atoms with Crippen LogP contribution in [-0.4, -0.2) is 59.9 Å². The van der Waals surface area contributed by atoms with Crippen LogP contribution in [0, 0.1) is 0 Å². The molecule has 13 nitrogen and oxygen atoms in total. The van der Waals surface area contributed by atoms with Crippen molar-refractivity contribution in [2.45, 2.75) is 51.5 Å². The molecule has 5 N–H and O–H groups in total. The molecule has 0 radical (unpaired) electrons. The molecule has 0 saturated carbocycles. The normalized spacial score (nSPS) is 13.5. The number of hydrogen-bond acceptors (Lipinski definition) is 9. The fourth-order valence-corrected chi connectivity index (χ4v) is 6.57. The van der Waals surface area contributed by atoms with E-state index in [1.807, 2.05) is 36.5 Å². The topological polar surface area (TPSA) is 172 Å². The molecule has 1 aliphatic carbocycles. The summed E-state index contributed by atoms with van der Waals surface area (Å²) in [6, 6.07) is 14.8. The van der Waals surface area contributed by atoms with Crippen LogP contribution in [0.1, 0.15) is 54.7 Å². The number of H-pyrrole nitrogens is 2. The summed E-state index contributed by atoms with van der Waals surface area (Å²) < 4.78 is 17.1. The molecule has 13 heteroatoms. The van der Waals surface area contributed by atoms with Gasteiger partial charge in [-0.3, -0.25) is 24.8 Å². The molecule has 6 rings (SSSR count). The van der Waals surface area contributed by atoms with Crippen LogP contribution < -0.4 is 35.6 Å². The summed E-state index contributed by atoms with van der Waals surface area (Å²) in [4.78, 5) is 46.1. The summed E-state index contributed by atoms with van der Waals surface area (Å²) in [7, 11) is 4.67. The summed E-state index contributed by atoms with van der Waals surface area (Å²) >= 11 is 0. The van der Waals surface area contributed by atoms with Gasteiger partial charge in [-0.05, 0) is 72.2 Å². The third kappa shape index (κ3) is 7.26. The lowest BCUT2D eigenvalue weighted by Gasteiger charge is -2.19. The third-order valence-corrected chi connectivity index (χ3v) is 8.90. The van der Waals surface area contributed by atoms with Gasteiger partial charge < -0.3 is 29.8 Å². The summed E-state index contributed by atoms with van der Waals surface area (Å²) in [6.45, 7) is 1.84. The van der Waals surface area contributed by atoms with Gasteiger partial charge in [0, 0.05) is 49.0 Å². The van der Waals surface area contributed by atoms with Crippen LogP contribution in [0.3, 0.4) is 0 Å².